The average molecular weight is 252 g/mol. The van der Waals surface area contributed by atoms with E-state index in [2.05, 4.69) is 10.3 Å². The summed E-state index contributed by atoms with van der Waals surface area (Å²) < 4.78 is 13.3. The van der Waals surface area contributed by atoms with Gasteiger partial charge in [-0.15, -0.1) is 11.3 Å². The van der Waals surface area contributed by atoms with Crippen molar-refractivity contribution in [2.45, 2.75) is 6.54 Å². The lowest BCUT2D eigenvalue weighted by atomic mass is 10.2. The number of thiazole rings is 1. The summed E-state index contributed by atoms with van der Waals surface area (Å²) in [4.78, 5) is 14.7. The molecule has 2 aromatic rings. The van der Waals surface area contributed by atoms with Crippen LogP contribution in [0.15, 0.2) is 29.8 Å². The van der Waals surface area contributed by atoms with E-state index in [-0.39, 0.29) is 5.56 Å². The minimum Gasteiger partial charge on any atom is -0.478 e. The first-order valence-corrected chi connectivity index (χ1v) is 5.70. The van der Waals surface area contributed by atoms with E-state index in [1.807, 2.05) is 5.38 Å². The number of halogens is 1. The number of carboxylic acid groups (broad SMARTS) is 1. The Morgan fingerprint density at radius 3 is 2.94 bits per heavy atom. The Balaban J connectivity index is 2.07. The molecule has 0 unspecified atom stereocenters. The summed E-state index contributed by atoms with van der Waals surface area (Å²) in [5, 5.41) is 14.4. The Labute approximate surface area is 101 Å². The maximum absolute atomic E-state index is 13.3. The number of aromatic carboxylic acids is 1. The molecule has 2 rings (SSSR count). The van der Waals surface area contributed by atoms with Crippen LogP contribution in [-0.4, -0.2) is 16.1 Å². The van der Waals surface area contributed by atoms with Gasteiger partial charge in [-0.2, -0.15) is 0 Å². The summed E-state index contributed by atoms with van der Waals surface area (Å²) in [5.74, 6) is -2.02. The number of hydrogen-bond donors (Lipinski definition) is 2. The van der Waals surface area contributed by atoms with E-state index in [0.29, 0.717) is 12.2 Å². The van der Waals surface area contributed by atoms with Crippen LogP contribution in [-0.2, 0) is 6.54 Å². The zero-order valence-electron chi connectivity index (χ0n) is 8.68. The zero-order valence-corrected chi connectivity index (χ0v) is 9.50. The highest BCUT2D eigenvalue weighted by Gasteiger charge is 2.10. The maximum Gasteiger partial charge on any atom is 0.338 e. The molecule has 0 fully saturated rings. The van der Waals surface area contributed by atoms with Gasteiger partial charge in [-0.05, 0) is 18.2 Å². The maximum atomic E-state index is 13.3. The molecule has 17 heavy (non-hydrogen) atoms. The van der Waals surface area contributed by atoms with E-state index in [4.69, 9.17) is 5.11 Å². The first-order chi connectivity index (χ1) is 8.16. The Morgan fingerprint density at radius 1 is 1.53 bits per heavy atom. The van der Waals surface area contributed by atoms with Crippen molar-refractivity contribution in [1.82, 2.24) is 4.98 Å². The minimum absolute atomic E-state index is 0.329. The van der Waals surface area contributed by atoms with Crippen molar-refractivity contribution >= 4 is 23.0 Å². The van der Waals surface area contributed by atoms with Crippen LogP contribution in [0.2, 0.25) is 0 Å². The molecule has 2 N–H and O–H groups in total. The van der Waals surface area contributed by atoms with Gasteiger partial charge < -0.3 is 10.4 Å². The van der Waals surface area contributed by atoms with Crippen LogP contribution in [0.3, 0.4) is 0 Å². The van der Waals surface area contributed by atoms with Crippen LogP contribution in [0, 0.1) is 5.82 Å². The molecule has 0 saturated carbocycles. The highest BCUT2D eigenvalue weighted by atomic mass is 32.1. The molecule has 0 saturated heterocycles. The molecule has 0 aliphatic rings. The number of nitrogens with zero attached hydrogens (tertiary/aromatic N) is 1. The van der Waals surface area contributed by atoms with E-state index < -0.39 is 11.8 Å². The van der Waals surface area contributed by atoms with Crippen LogP contribution < -0.4 is 5.32 Å². The van der Waals surface area contributed by atoms with Gasteiger partial charge in [0.2, 0.25) is 0 Å². The first-order valence-electron chi connectivity index (χ1n) is 4.82. The molecule has 0 radical (unpaired) electrons. The highest BCUT2D eigenvalue weighted by molar-refractivity contribution is 7.09. The first kappa shape index (κ1) is 11.5. The highest BCUT2D eigenvalue weighted by Crippen LogP contribution is 2.16. The number of carbonyl (C=O) groups is 1. The smallest absolute Gasteiger partial charge is 0.338 e. The largest absolute Gasteiger partial charge is 0.478 e. The Morgan fingerprint density at radius 2 is 2.35 bits per heavy atom. The van der Waals surface area contributed by atoms with Gasteiger partial charge in [0.05, 0.1) is 12.1 Å². The van der Waals surface area contributed by atoms with E-state index in [1.165, 1.54) is 23.5 Å². The van der Waals surface area contributed by atoms with Gasteiger partial charge in [0.1, 0.15) is 10.8 Å². The molecule has 0 aliphatic heterocycles. The molecule has 0 spiro atoms. The molecule has 4 nitrogen and oxygen atoms in total. The number of aromatic nitrogens is 1. The van der Waals surface area contributed by atoms with Gasteiger partial charge in [0, 0.05) is 17.3 Å². The van der Waals surface area contributed by atoms with Crippen molar-refractivity contribution in [2.24, 2.45) is 0 Å². The molecule has 1 heterocycles. The van der Waals surface area contributed by atoms with Gasteiger partial charge in [0.15, 0.2) is 0 Å². The predicted molar refractivity (Wildman–Crippen MR) is 62.8 cm³/mol. The Kier molecular flexibility index (Phi) is 3.34. The van der Waals surface area contributed by atoms with Crippen LogP contribution >= 0.6 is 11.3 Å². The number of carboxylic acids is 1. The lowest BCUT2D eigenvalue weighted by Gasteiger charge is -2.05. The molecule has 0 amide bonds. The number of rotatable bonds is 4. The summed E-state index contributed by atoms with van der Waals surface area (Å²) >= 11 is 1.49. The molecule has 88 valence electrons. The summed E-state index contributed by atoms with van der Waals surface area (Å²) in [5.41, 5.74) is 0.201. The van der Waals surface area contributed by atoms with Gasteiger partial charge in [-0.1, -0.05) is 0 Å². The normalized spacial score (nSPS) is 10.2. The standard InChI is InChI=1S/C11H9FN2O2S/c12-9-5-7(1-2-8(9)11(15)16)14-6-10-13-3-4-17-10/h1-5,14H,6H2,(H,15,16). The minimum atomic E-state index is -1.27. The fourth-order valence-electron chi connectivity index (χ4n) is 1.32. The summed E-state index contributed by atoms with van der Waals surface area (Å²) in [6, 6.07) is 3.93. The molecular weight excluding hydrogens is 243 g/mol. The lowest BCUT2D eigenvalue weighted by Crippen LogP contribution is -2.03. The zero-order chi connectivity index (χ0) is 12.3. The van der Waals surface area contributed by atoms with E-state index in [1.54, 1.807) is 6.20 Å². The molecule has 0 bridgehead atoms. The van der Waals surface area contributed by atoms with Crippen LogP contribution in [0.5, 0.6) is 0 Å². The number of benzene rings is 1. The SMILES string of the molecule is O=C(O)c1ccc(NCc2nccs2)cc1F. The van der Waals surface area contributed by atoms with E-state index in [0.717, 1.165) is 11.1 Å². The number of anilines is 1. The topological polar surface area (TPSA) is 62.2 Å². The second-order valence-corrected chi connectivity index (χ2v) is 4.26. The van der Waals surface area contributed by atoms with Gasteiger partial charge in [-0.25, -0.2) is 14.2 Å². The van der Waals surface area contributed by atoms with E-state index in [9.17, 15) is 9.18 Å². The van der Waals surface area contributed by atoms with Gasteiger partial charge in [-0.3, -0.25) is 0 Å². The van der Waals surface area contributed by atoms with Gasteiger partial charge >= 0.3 is 5.97 Å². The third-order valence-corrected chi connectivity index (χ3v) is 2.91. The van der Waals surface area contributed by atoms with Crippen LogP contribution in [0.4, 0.5) is 10.1 Å². The van der Waals surface area contributed by atoms with Gasteiger partial charge in [0.25, 0.3) is 0 Å². The third-order valence-electron chi connectivity index (χ3n) is 2.13. The molecular formula is C11H9FN2O2S. The van der Waals surface area contributed by atoms with E-state index >= 15 is 0 Å². The fourth-order valence-corrected chi connectivity index (χ4v) is 1.87. The van der Waals surface area contributed by atoms with Crippen molar-refractivity contribution < 1.29 is 14.3 Å². The molecule has 0 atom stereocenters. The second-order valence-electron chi connectivity index (χ2n) is 3.28. The van der Waals surface area contributed by atoms with Crippen molar-refractivity contribution in [3.05, 3.63) is 46.2 Å². The van der Waals surface area contributed by atoms with Crippen molar-refractivity contribution in [2.75, 3.05) is 5.32 Å². The second kappa shape index (κ2) is 4.92. The summed E-state index contributed by atoms with van der Waals surface area (Å²) in [7, 11) is 0. The predicted octanol–water partition coefficient (Wildman–Crippen LogP) is 2.59. The Bertz CT molecular complexity index is 528. The van der Waals surface area contributed by atoms with Crippen molar-refractivity contribution in [3.8, 4) is 0 Å². The monoisotopic (exact) mass is 252 g/mol. The van der Waals surface area contributed by atoms with Crippen LogP contribution in [0.25, 0.3) is 0 Å². The van der Waals surface area contributed by atoms with Crippen molar-refractivity contribution in [3.63, 3.8) is 0 Å². The number of nitrogens with one attached hydrogen (secondary N) is 1. The lowest BCUT2D eigenvalue weighted by molar-refractivity contribution is 0.0692. The summed E-state index contributed by atoms with van der Waals surface area (Å²) in [6.45, 7) is 0.490. The number of hydrogen-bond acceptors (Lipinski definition) is 4. The molecule has 1 aromatic carbocycles. The average Bonchev–Trinajstić information content (AvgIpc) is 2.78. The summed E-state index contributed by atoms with van der Waals surface area (Å²) in [6.07, 6.45) is 1.69. The quantitative estimate of drug-likeness (QED) is 0.878. The Hall–Kier alpha value is -1.95. The fraction of sp³-hybridized carbons (Fsp3) is 0.0909. The van der Waals surface area contributed by atoms with Crippen molar-refractivity contribution in [1.29, 1.82) is 0 Å². The molecule has 0 aliphatic carbocycles. The molecule has 1 aromatic heterocycles. The molecule has 6 heteroatoms. The third kappa shape index (κ3) is 2.79. The van der Waals surface area contributed by atoms with Crippen LogP contribution in [0.1, 0.15) is 15.4 Å².